The molecule has 0 bridgehead atoms. The first-order valence-electron chi connectivity index (χ1n) is 12.1. The first-order chi connectivity index (χ1) is 16.1. The maximum absolute atomic E-state index is 13.7. The molecule has 1 amide bonds. The molecular formula is C27H35F2N3O2. The lowest BCUT2D eigenvalue weighted by Crippen LogP contribution is -2.52. The second kappa shape index (κ2) is 9.72. The summed E-state index contributed by atoms with van der Waals surface area (Å²) < 4.78 is 27.4. The van der Waals surface area contributed by atoms with Crippen LogP contribution < -0.4 is 10.6 Å². The summed E-state index contributed by atoms with van der Waals surface area (Å²) in [6.07, 6.45) is 1.08. The summed E-state index contributed by atoms with van der Waals surface area (Å²) in [7, 11) is 2.14. The van der Waals surface area contributed by atoms with Gasteiger partial charge in [0, 0.05) is 37.2 Å². The van der Waals surface area contributed by atoms with Gasteiger partial charge in [-0.05, 0) is 61.1 Å². The van der Waals surface area contributed by atoms with Crippen LogP contribution in [0.1, 0.15) is 56.2 Å². The van der Waals surface area contributed by atoms with Gasteiger partial charge in [0.2, 0.25) is 5.91 Å². The van der Waals surface area contributed by atoms with Gasteiger partial charge in [0.15, 0.2) is 0 Å². The van der Waals surface area contributed by atoms with Gasteiger partial charge in [-0.2, -0.15) is 0 Å². The number of nitrogens with zero attached hydrogens (tertiary/aromatic N) is 1. The first kappa shape index (κ1) is 24.8. The van der Waals surface area contributed by atoms with Gasteiger partial charge in [0.25, 0.3) is 0 Å². The number of halogens is 2. The zero-order valence-electron chi connectivity index (χ0n) is 20.3. The predicted molar refractivity (Wildman–Crippen MR) is 128 cm³/mol. The van der Waals surface area contributed by atoms with Gasteiger partial charge in [-0.3, -0.25) is 9.69 Å². The molecule has 0 aromatic heterocycles. The number of hydrogen-bond acceptors (Lipinski definition) is 4. The van der Waals surface area contributed by atoms with Crippen molar-refractivity contribution in [3.63, 3.8) is 0 Å². The Kier molecular flexibility index (Phi) is 7.08. The van der Waals surface area contributed by atoms with Crippen LogP contribution in [0.3, 0.4) is 0 Å². The monoisotopic (exact) mass is 471 g/mol. The number of amides is 1. The number of rotatable bonds is 9. The Bertz CT molecular complexity index is 1010. The van der Waals surface area contributed by atoms with Crippen molar-refractivity contribution in [3.05, 3.63) is 70.8 Å². The largest absolute Gasteiger partial charge is 0.390 e. The number of nitrogens with one attached hydrogen (secondary N) is 2. The fourth-order valence-corrected chi connectivity index (χ4v) is 5.48. The highest BCUT2D eigenvalue weighted by molar-refractivity contribution is 5.73. The molecule has 1 saturated carbocycles. The lowest BCUT2D eigenvalue weighted by molar-refractivity contribution is -0.120. The highest BCUT2D eigenvalue weighted by atomic mass is 19.1. The van der Waals surface area contributed by atoms with Crippen LogP contribution in [0, 0.1) is 11.6 Å². The van der Waals surface area contributed by atoms with Crippen LogP contribution in [0.5, 0.6) is 0 Å². The predicted octanol–water partition coefficient (Wildman–Crippen LogP) is 3.46. The van der Waals surface area contributed by atoms with Gasteiger partial charge < -0.3 is 15.7 Å². The molecular weight excluding hydrogens is 436 g/mol. The van der Waals surface area contributed by atoms with Gasteiger partial charge in [-0.1, -0.05) is 38.1 Å². The number of likely N-dealkylation sites (N-methyl/N-ethyl adjacent to an activating group) is 1. The van der Waals surface area contributed by atoms with Gasteiger partial charge in [-0.15, -0.1) is 0 Å². The van der Waals surface area contributed by atoms with Gasteiger partial charge in [0.1, 0.15) is 11.6 Å². The molecule has 34 heavy (non-hydrogen) atoms. The molecule has 2 fully saturated rings. The second-order valence-corrected chi connectivity index (χ2v) is 10.3. The van der Waals surface area contributed by atoms with Crippen LogP contribution in [0.25, 0.3) is 0 Å². The molecule has 0 spiro atoms. The van der Waals surface area contributed by atoms with Crippen LogP contribution in [0.4, 0.5) is 8.78 Å². The highest BCUT2D eigenvalue weighted by Gasteiger charge is 2.58. The summed E-state index contributed by atoms with van der Waals surface area (Å²) in [5.74, 6) is -1.24. The summed E-state index contributed by atoms with van der Waals surface area (Å²) in [6.45, 7) is 5.97. The van der Waals surface area contributed by atoms with Crippen LogP contribution >= 0.6 is 0 Å². The Morgan fingerprint density at radius 1 is 1.15 bits per heavy atom. The standard InChI is InChI=1S/C27H35F2N3O2/c1-16(2)19-6-5-7-20(11-19)27(13-24-25(14-27)32(24)4)30-15-26(34)23(31-17(3)33)10-18-8-21(28)12-22(29)9-18/h5-9,11-12,16,23-26,30,34H,10,13-15H2,1-4H3,(H,31,33). The van der Waals surface area contributed by atoms with Crippen molar-refractivity contribution in [2.24, 2.45) is 0 Å². The summed E-state index contributed by atoms with van der Waals surface area (Å²) in [6, 6.07) is 12.3. The van der Waals surface area contributed by atoms with Crippen molar-refractivity contribution in [3.8, 4) is 0 Å². The molecule has 1 heterocycles. The summed E-state index contributed by atoms with van der Waals surface area (Å²) in [5, 5.41) is 17.5. The zero-order valence-corrected chi connectivity index (χ0v) is 20.3. The average molecular weight is 472 g/mol. The number of piperidine rings is 1. The van der Waals surface area contributed by atoms with E-state index in [0.717, 1.165) is 18.9 Å². The maximum atomic E-state index is 13.7. The van der Waals surface area contributed by atoms with E-state index in [-0.39, 0.29) is 24.4 Å². The number of carbonyl (C=O) groups is 1. The number of aliphatic hydroxyl groups is 1. The third kappa shape index (κ3) is 5.32. The molecule has 2 aromatic rings. The van der Waals surface area contributed by atoms with E-state index in [2.05, 4.69) is 60.7 Å². The fourth-order valence-electron chi connectivity index (χ4n) is 5.48. The molecule has 3 N–H and O–H groups in total. The molecule has 0 radical (unpaired) electrons. The van der Waals surface area contributed by atoms with Crippen molar-refractivity contribution in [2.75, 3.05) is 13.6 Å². The van der Waals surface area contributed by atoms with Crippen LogP contribution in [0.15, 0.2) is 42.5 Å². The lowest BCUT2D eigenvalue weighted by atomic mass is 9.84. The molecule has 1 aliphatic heterocycles. The van der Waals surface area contributed by atoms with Crippen LogP contribution in [0.2, 0.25) is 0 Å². The Hall–Kier alpha value is -2.35. The number of fused-ring (bicyclic) bond motifs is 1. The van der Waals surface area contributed by atoms with E-state index >= 15 is 0 Å². The van der Waals surface area contributed by atoms with Crippen LogP contribution in [-0.2, 0) is 16.8 Å². The maximum Gasteiger partial charge on any atom is 0.217 e. The molecule has 7 heteroatoms. The van der Waals surface area contributed by atoms with E-state index in [1.165, 1.54) is 30.2 Å². The SMILES string of the molecule is CC(=O)NC(Cc1cc(F)cc(F)c1)C(O)CNC1(c2cccc(C(C)C)c2)CC2C(C1)N2C. The first-order valence-corrected chi connectivity index (χ1v) is 12.1. The number of benzene rings is 2. The van der Waals surface area contributed by atoms with Crippen molar-refractivity contribution < 1.29 is 18.7 Å². The minimum atomic E-state index is -0.935. The normalized spacial score (nSPS) is 27.4. The molecule has 5 nitrogen and oxygen atoms in total. The van der Waals surface area contributed by atoms with Crippen molar-refractivity contribution in [1.82, 2.24) is 15.5 Å². The highest BCUT2D eigenvalue weighted by Crippen LogP contribution is 2.51. The van der Waals surface area contributed by atoms with Crippen molar-refractivity contribution in [2.45, 2.75) is 75.7 Å². The molecule has 2 aliphatic rings. The van der Waals surface area contributed by atoms with E-state index in [1.807, 2.05) is 0 Å². The second-order valence-electron chi connectivity index (χ2n) is 10.3. The minimum Gasteiger partial charge on any atom is -0.390 e. The smallest absolute Gasteiger partial charge is 0.217 e. The molecule has 184 valence electrons. The van der Waals surface area contributed by atoms with Gasteiger partial charge in [0.05, 0.1) is 12.1 Å². The molecule has 1 saturated heterocycles. The summed E-state index contributed by atoms with van der Waals surface area (Å²) in [4.78, 5) is 14.2. The van der Waals surface area contributed by atoms with Crippen molar-refractivity contribution in [1.29, 1.82) is 0 Å². The van der Waals surface area contributed by atoms with E-state index in [0.29, 0.717) is 23.6 Å². The number of likely N-dealkylation sites (tertiary alicyclic amines) is 1. The summed E-state index contributed by atoms with van der Waals surface area (Å²) in [5.41, 5.74) is 2.62. The molecule has 2 aromatic carbocycles. The van der Waals surface area contributed by atoms with Crippen LogP contribution in [-0.4, -0.2) is 53.7 Å². The average Bonchev–Trinajstić information content (AvgIpc) is 3.17. The third-order valence-electron chi connectivity index (χ3n) is 7.50. The summed E-state index contributed by atoms with van der Waals surface area (Å²) >= 11 is 0. The molecule has 4 atom stereocenters. The Labute approximate surface area is 200 Å². The Morgan fingerprint density at radius 3 is 2.38 bits per heavy atom. The lowest BCUT2D eigenvalue weighted by Gasteiger charge is -2.36. The van der Waals surface area contributed by atoms with Gasteiger partial charge in [-0.25, -0.2) is 8.78 Å². The minimum absolute atomic E-state index is 0.126. The van der Waals surface area contributed by atoms with E-state index in [9.17, 15) is 18.7 Å². The number of hydrogen-bond donors (Lipinski definition) is 3. The van der Waals surface area contributed by atoms with E-state index in [1.54, 1.807) is 0 Å². The molecule has 4 rings (SSSR count). The number of aliphatic hydroxyl groups excluding tert-OH is 1. The quantitative estimate of drug-likeness (QED) is 0.490. The van der Waals surface area contributed by atoms with Gasteiger partial charge >= 0.3 is 0 Å². The Balaban J connectivity index is 1.52. The van der Waals surface area contributed by atoms with Crippen molar-refractivity contribution >= 4 is 5.91 Å². The molecule has 4 unspecified atom stereocenters. The van der Waals surface area contributed by atoms with E-state index in [4.69, 9.17) is 0 Å². The number of carbonyl (C=O) groups excluding carboxylic acids is 1. The third-order valence-corrected chi connectivity index (χ3v) is 7.50. The fraction of sp³-hybridized carbons (Fsp3) is 0.519. The van der Waals surface area contributed by atoms with E-state index < -0.39 is 23.8 Å². The Morgan fingerprint density at radius 2 is 1.79 bits per heavy atom. The topological polar surface area (TPSA) is 64.4 Å². The molecule has 1 aliphatic carbocycles. The zero-order chi connectivity index (χ0) is 24.6.